The lowest BCUT2D eigenvalue weighted by Gasteiger charge is -2.03. The topological polar surface area (TPSA) is 107 Å². The first-order valence-corrected chi connectivity index (χ1v) is 6.85. The lowest BCUT2D eigenvalue weighted by Crippen LogP contribution is -2.16. The van der Waals surface area contributed by atoms with Gasteiger partial charge in [0.15, 0.2) is 11.3 Å². The van der Waals surface area contributed by atoms with Crippen molar-refractivity contribution in [1.82, 2.24) is 19.5 Å². The Hall–Kier alpha value is -2.48. The first-order valence-electron chi connectivity index (χ1n) is 5.97. The zero-order valence-corrected chi connectivity index (χ0v) is 11.4. The molecule has 0 bridgehead atoms. The molecule has 3 aromatic rings. The van der Waals surface area contributed by atoms with Crippen molar-refractivity contribution in [3.8, 4) is 5.00 Å². The molecule has 0 unspecified atom stereocenters. The zero-order valence-electron chi connectivity index (χ0n) is 10.6. The predicted molar refractivity (Wildman–Crippen MR) is 75.3 cm³/mol. The maximum Gasteiger partial charge on any atom is 0.333 e. The van der Waals surface area contributed by atoms with E-state index in [4.69, 9.17) is 5.73 Å². The van der Waals surface area contributed by atoms with Crippen LogP contribution in [0.15, 0.2) is 22.3 Å². The normalized spacial score (nSPS) is 11.1. The van der Waals surface area contributed by atoms with Crippen LogP contribution in [-0.2, 0) is 6.42 Å². The number of carbonyl (C=O) groups excluding carboxylic acids is 1. The van der Waals surface area contributed by atoms with Crippen LogP contribution in [-0.4, -0.2) is 25.4 Å². The van der Waals surface area contributed by atoms with Crippen LogP contribution in [0, 0.1) is 0 Å². The number of imidazole rings is 1. The zero-order chi connectivity index (χ0) is 14.3. The molecule has 3 N–H and O–H groups in total. The highest BCUT2D eigenvalue weighted by atomic mass is 32.1. The number of aryl methyl sites for hydroxylation is 1. The van der Waals surface area contributed by atoms with Gasteiger partial charge in [0.1, 0.15) is 16.3 Å². The summed E-state index contributed by atoms with van der Waals surface area (Å²) in [5.41, 5.74) is 5.64. The van der Waals surface area contributed by atoms with Crippen LogP contribution in [0.4, 0.5) is 0 Å². The average Bonchev–Trinajstić information content (AvgIpc) is 3.03. The maximum absolute atomic E-state index is 12.1. The smallest absolute Gasteiger partial charge is 0.333 e. The molecular weight excluding hydrogens is 278 g/mol. The molecule has 0 saturated carbocycles. The van der Waals surface area contributed by atoms with Gasteiger partial charge in [-0.05, 0) is 17.5 Å². The summed E-state index contributed by atoms with van der Waals surface area (Å²) in [5.74, 6) is -0.220. The standard InChI is InChI=1S/C12H11N5O2S/c1-2-6-14-8(10(13)18)9-11(15-6)17(12(19)16-9)7-4-3-5-20-7/h3-5H,2H2,1H3,(H2,13,18)(H,16,19). The van der Waals surface area contributed by atoms with E-state index in [0.717, 1.165) is 5.00 Å². The summed E-state index contributed by atoms with van der Waals surface area (Å²) < 4.78 is 1.42. The van der Waals surface area contributed by atoms with E-state index < -0.39 is 5.91 Å². The fourth-order valence-corrected chi connectivity index (χ4v) is 2.70. The number of thiophene rings is 1. The van der Waals surface area contributed by atoms with E-state index in [-0.39, 0.29) is 16.9 Å². The molecule has 0 aliphatic heterocycles. The summed E-state index contributed by atoms with van der Waals surface area (Å²) in [4.78, 5) is 34.6. The van der Waals surface area contributed by atoms with Gasteiger partial charge in [0.25, 0.3) is 5.91 Å². The number of nitrogens with two attached hydrogens (primary N) is 1. The first-order chi connectivity index (χ1) is 9.61. The van der Waals surface area contributed by atoms with Crippen molar-refractivity contribution in [3.05, 3.63) is 39.5 Å². The number of H-pyrrole nitrogens is 1. The second kappa shape index (κ2) is 4.57. The molecule has 0 atom stereocenters. The minimum atomic E-state index is -0.688. The van der Waals surface area contributed by atoms with E-state index >= 15 is 0 Å². The van der Waals surface area contributed by atoms with Crippen LogP contribution in [0.1, 0.15) is 23.2 Å². The lowest BCUT2D eigenvalue weighted by atomic mass is 10.3. The van der Waals surface area contributed by atoms with E-state index in [0.29, 0.717) is 17.9 Å². The van der Waals surface area contributed by atoms with Crippen LogP contribution >= 0.6 is 11.3 Å². The molecule has 102 valence electrons. The Labute approximate surface area is 117 Å². The van der Waals surface area contributed by atoms with E-state index in [1.807, 2.05) is 18.4 Å². The number of amides is 1. The van der Waals surface area contributed by atoms with Gasteiger partial charge < -0.3 is 10.7 Å². The average molecular weight is 289 g/mol. The van der Waals surface area contributed by atoms with Crippen molar-refractivity contribution >= 4 is 28.4 Å². The van der Waals surface area contributed by atoms with Crippen molar-refractivity contribution in [3.63, 3.8) is 0 Å². The second-order valence-electron chi connectivity index (χ2n) is 4.12. The molecular formula is C12H11N5O2S. The number of aromatic amines is 1. The number of hydrogen-bond donors (Lipinski definition) is 2. The Kier molecular flexibility index (Phi) is 2.87. The third-order valence-electron chi connectivity index (χ3n) is 2.86. The molecule has 7 nitrogen and oxygen atoms in total. The fraction of sp³-hybridized carbons (Fsp3) is 0.167. The van der Waals surface area contributed by atoms with Crippen molar-refractivity contribution in [2.45, 2.75) is 13.3 Å². The van der Waals surface area contributed by atoms with E-state index in [9.17, 15) is 9.59 Å². The van der Waals surface area contributed by atoms with Gasteiger partial charge in [-0.3, -0.25) is 4.79 Å². The minimum Gasteiger partial charge on any atom is -0.364 e. The number of nitrogens with one attached hydrogen (secondary N) is 1. The van der Waals surface area contributed by atoms with Gasteiger partial charge in [-0.25, -0.2) is 19.3 Å². The molecule has 0 aromatic carbocycles. The molecule has 3 rings (SSSR count). The number of carbonyl (C=O) groups is 1. The maximum atomic E-state index is 12.1. The summed E-state index contributed by atoms with van der Waals surface area (Å²) in [7, 11) is 0. The quantitative estimate of drug-likeness (QED) is 0.744. The predicted octanol–water partition coefficient (Wildman–Crippen LogP) is 0.832. The van der Waals surface area contributed by atoms with Crippen molar-refractivity contribution in [2.24, 2.45) is 5.73 Å². The third kappa shape index (κ3) is 1.81. The third-order valence-corrected chi connectivity index (χ3v) is 3.71. The number of aromatic nitrogens is 4. The van der Waals surface area contributed by atoms with Gasteiger partial charge in [-0.1, -0.05) is 6.92 Å². The number of rotatable bonds is 3. The SMILES string of the molecule is CCc1nc(C(N)=O)c2[nH]c(=O)n(-c3cccs3)c2n1. The molecule has 3 aromatic heterocycles. The van der Waals surface area contributed by atoms with Gasteiger partial charge in [0.05, 0.1) is 0 Å². The van der Waals surface area contributed by atoms with Gasteiger partial charge in [0, 0.05) is 6.42 Å². The van der Waals surface area contributed by atoms with Crippen LogP contribution in [0.2, 0.25) is 0 Å². The van der Waals surface area contributed by atoms with Gasteiger partial charge in [-0.2, -0.15) is 0 Å². The highest BCUT2D eigenvalue weighted by Crippen LogP contribution is 2.19. The monoisotopic (exact) mass is 289 g/mol. The Morgan fingerprint density at radius 1 is 1.50 bits per heavy atom. The lowest BCUT2D eigenvalue weighted by molar-refractivity contribution is 0.0997. The highest BCUT2D eigenvalue weighted by Gasteiger charge is 2.19. The Bertz CT molecular complexity index is 847. The first kappa shape index (κ1) is 12.5. The summed E-state index contributed by atoms with van der Waals surface area (Å²) in [6.07, 6.45) is 0.542. The number of nitrogens with zero attached hydrogens (tertiary/aromatic N) is 3. The summed E-state index contributed by atoms with van der Waals surface area (Å²) in [6.45, 7) is 1.87. The highest BCUT2D eigenvalue weighted by molar-refractivity contribution is 7.12. The molecule has 0 aliphatic carbocycles. The van der Waals surface area contributed by atoms with E-state index in [1.165, 1.54) is 15.9 Å². The molecule has 20 heavy (non-hydrogen) atoms. The molecule has 0 radical (unpaired) electrons. The number of primary amides is 1. The van der Waals surface area contributed by atoms with Crippen LogP contribution < -0.4 is 11.4 Å². The van der Waals surface area contributed by atoms with Crippen molar-refractivity contribution in [2.75, 3.05) is 0 Å². The van der Waals surface area contributed by atoms with Crippen LogP contribution in [0.25, 0.3) is 16.2 Å². The van der Waals surface area contributed by atoms with Gasteiger partial charge in [0.2, 0.25) is 0 Å². The van der Waals surface area contributed by atoms with Gasteiger partial charge in [-0.15, -0.1) is 11.3 Å². The summed E-state index contributed by atoms with van der Waals surface area (Å²) >= 11 is 1.40. The molecule has 1 amide bonds. The molecule has 0 fully saturated rings. The molecule has 0 spiro atoms. The molecule has 8 heteroatoms. The van der Waals surface area contributed by atoms with Crippen LogP contribution in [0.5, 0.6) is 0 Å². The second-order valence-corrected chi connectivity index (χ2v) is 5.05. The molecule has 0 aliphatic rings. The Morgan fingerprint density at radius 2 is 2.30 bits per heavy atom. The van der Waals surface area contributed by atoms with E-state index in [2.05, 4.69) is 15.0 Å². The van der Waals surface area contributed by atoms with Crippen molar-refractivity contribution < 1.29 is 4.79 Å². The summed E-state index contributed by atoms with van der Waals surface area (Å²) in [5, 5.41) is 2.58. The number of hydrogen-bond acceptors (Lipinski definition) is 5. The summed E-state index contributed by atoms with van der Waals surface area (Å²) in [6, 6.07) is 3.64. The fourth-order valence-electron chi connectivity index (χ4n) is 1.97. The Balaban J connectivity index is 2.43. The van der Waals surface area contributed by atoms with E-state index in [1.54, 1.807) is 6.07 Å². The largest absolute Gasteiger partial charge is 0.364 e. The molecule has 0 saturated heterocycles. The van der Waals surface area contributed by atoms with Gasteiger partial charge >= 0.3 is 5.69 Å². The van der Waals surface area contributed by atoms with Crippen molar-refractivity contribution in [1.29, 1.82) is 0 Å². The molecule has 3 heterocycles. The Morgan fingerprint density at radius 3 is 2.90 bits per heavy atom. The minimum absolute atomic E-state index is 0.0410. The van der Waals surface area contributed by atoms with Crippen LogP contribution in [0.3, 0.4) is 0 Å². The number of fused-ring (bicyclic) bond motifs is 1.